The molecule has 0 bridgehead atoms. The lowest BCUT2D eigenvalue weighted by molar-refractivity contribution is 0.651. The maximum atomic E-state index is 3.48. The van der Waals surface area contributed by atoms with Crippen LogP contribution >= 0.6 is 12.4 Å². The molecule has 19 heavy (non-hydrogen) atoms. The summed E-state index contributed by atoms with van der Waals surface area (Å²) in [7, 11) is 0. The van der Waals surface area contributed by atoms with Crippen LogP contribution in [0.5, 0.6) is 0 Å². The van der Waals surface area contributed by atoms with E-state index in [0.717, 1.165) is 13.1 Å². The van der Waals surface area contributed by atoms with Crippen LogP contribution < -0.4 is 5.32 Å². The summed E-state index contributed by atoms with van der Waals surface area (Å²) >= 11 is 0. The largest absolute Gasteiger partial charge is 0.313 e. The third kappa shape index (κ3) is 6.60. The Balaban J connectivity index is 0.00000180. The fourth-order valence-corrected chi connectivity index (χ4v) is 2.33. The van der Waals surface area contributed by atoms with E-state index in [1.165, 1.54) is 37.7 Å². The van der Waals surface area contributed by atoms with Gasteiger partial charge in [0.15, 0.2) is 0 Å². The van der Waals surface area contributed by atoms with Crippen LogP contribution in [-0.2, 0) is 0 Å². The van der Waals surface area contributed by atoms with Gasteiger partial charge in [0, 0.05) is 6.54 Å². The summed E-state index contributed by atoms with van der Waals surface area (Å²) in [5.74, 6) is 0. The van der Waals surface area contributed by atoms with E-state index in [-0.39, 0.29) is 12.4 Å². The second kappa shape index (κ2) is 9.82. The van der Waals surface area contributed by atoms with Gasteiger partial charge in [0.05, 0.1) is 0 Å². The Morgan fingerprint density at radius 3 is 2.68 bits per heavy atom. The van der Waals surface area contributed by atoms with Crippen LogP contribution in [0, 0.1) is 0 Å². The minimum absolute atomic E-state index is 0. The fourth-order valence-electron chi connectivity index (χ4n) is 2.33. The molecule has 1 aromatic rings. The topological polar surface area (TPSA) is 12.0 Å². The molecule has 0 fully saturated rings. The first kappa shape index (κ1) is 16.0. The first-order valence-electron chi connectivity index (χ1n) is 7.05. The van der Waals surface area contributed by atoms with Crippen molar-refractivity contribution < 1.29 is 0 Å². The number of benzene rings is 1. The minimum Gasteiger partial charge on any atom is -0.313 e. The molecule has 2 heteroatoms. The number of rotatable bonds is 6. The van der Waals surface area contributed by atoms with Crippen LogP contribution in [0.2, 0.25) is 0 Å². The van der Waals surface area contributed by atoms with E-state index in [0.29, 0.717) is 0 Å². The van der Waals surface area contributed by atoms with Crippen molar-refractivity contribution in [2.24, 2.45) is 0 Å². The molecule has 0 atom stereocenters. The third-order valence-electron chi connectivity index (χ3n) is 3.38. The predicted molar refractivity (Wildman–Crippen MR) is 86.8 cm³/mol. The van der Waals surface area contributed by atoms with Gasteiger partial charge in [-0.2, -0.15) is 0 Å². The Kier molecular flexibility index (Phi) is 8.28. The van der Waals surface area contributed by atoms with Crippen molar-refractivity contribution in [1.82, 2.24) is 5.32 Å². The van der Waals surface area contributed by atoms with Crippen LogP contribution in [0.4, 0.5) is 0 Å². The SMILES string of the molecule is C1=C(CCNC/C=C/c2ccccc2)CCCC1.Cl. The van der Waals surface area contributed by atoms with Gasteiger partial charge in [-0.25, -0.2) is 0 Å². The molecular weight excluding hydrogens is 254 g/mol. The summed E-state index contributed by atoms with van der Waals surface area (Å²) in [4.78, 5) is 0. The molecule has 1 nitrogen and oxygen atoms in total. The Labute approximate surface area is 123 Å². The maximum Gasteiger partial charge on any atom is 0.0138 e. The van der Waals surface area contributed by atoms with Crippen LogP contribution in [0.3, 0.4) is 0 Å². The fraction of sp³-hybridized carbons (Fsp3) is 0.412. The summed E-state index contributed by atoms with van der Waals surface area (Å²) < 4.78 is 0. The first-order chi connectivity index (χ1) is 8.95. The molecule has 0 aromatic heterocycles. The minimum atomic E-state index is 0. The summed E-state index contributed by atoms with van der Waals surface area (Å²) in [5, 5.41) is 3.48. The quantitative estimate of drug-likeness (QED) is 0.592. The Morgan fingerprint density at radius 2 is 1.95 bits per heavy atom. The second-order valence-corrected chi connectivity index (χ2v) is 4.88. The van der Waals surface area contributed by atoms with Crippen molar-refractivity contribution in [3.8, 4) is 0 Å². The second-order valence-electron chi connectivity index (χ2n) is 4.88. The lowest BCUT2D eigenvalue weighted by Crippen LogP contribution is -2.15. The molecule has 0 amide bonds. The molecule has 0 spiro atoms. The molecule has 1 N–H and O–H groups in total. The highest BCUT2D eigenvalue weighted by Crippen LogP contribution is 2.19. The van der Waals surface area contributed by atoms with E-state index >= 15 is 0 Å². The van der Waals surface area contributed by atoms with E-state index < -0.39 is 0 Å². The number of hydrogen-bond acceptors (Lipinski definition) is 1. The summed E-state index contributed by atoms with van der Waals surface area (Å²) in [5.41, 5.74) is 2.93. The summed E-state index contributed by atoms with van der Waals surface area (Å²) in [6.45, 7) is 2.06. The molecule has 0 aliphatic heterocycles. The first-order valence-corrected chi connectivity index (χ1v) is 7.05. The van der Waals surface area contributed by atoms with Gasteiger partial charge in [-0.15, -0.1) is 12.4 Å². The van der Waals surface area contributed by atoms with Crippen molar-refractivity contribution in [2.45, 2.75) is 32.1 Å². The van der Waals surface area contributed by atoms with Gasteiger partial charge >= 0.3 is 0 Å². The molecule has 0 saturated heterocycles. The Hall–Kier alpha value is -1.05. The number of halogens is 1. The molecule has 0 unspecified atom stereocenters. The molecule has 2 rings (SSSR count). The van der Waals surface area contributed by atoms with Crippen molar-refractivity contribution >= 4 is 18.5 Å². The van der Waals surface area contributed by atoms with E-state index in [4.69, 9.17) is 0 Å². The molecule has 0 saturated carbocycles. The summed E-state index contributed by atoms with van der Waals surface area (Å²) in [6, 6.07) is 10.4. The van der Waals surface area contributed by atoms with E-state index in [2.05, 4.69) is 47.8 Å². The van der Waals surface area contributed by atoms with Gasteiger partial charge < -0.3 is 5.32 Å². The van der Waals surface area contributed by atoms with Crippen LogP contribution in [0.1, 0.15) is 37.7 Å². The van der Waals surface area contributed by atoms with Gasteiger partial charge in [-0.05, 0) is 44.2 Å². The molecular formula is C17H24ClN. The highest BCUT2D eigenvalue weighted by Gasteiger charge is 2.02. The zero-order chi connectivity index (χ0) is 12.5. The Morgan fingerprint density at radius 1 is 1.11 bits per heavy atom. The predicted octanol–water partition coefficient (Wildman–Crippen LogP) is 4.60. The number of allylic oxidation sites excluding steroid dienone is 1. The van der Waals surface area contributed by atoms with Crippen LogP contribution in [-0.4, -0.2) is 13.1 Å². The lowest BCUT2D eigenvalue weighted by Gasteiger charge is -2.12. The van der Waals surface area contributed by atoms with Crippen LogP contribution in [0.25, 0.3) is 6.08 Å². The monoisotopic (exact) mass is 277 g/mol. The summed E-state index contributed by atoms with van der Waals surface area (Å²) in [6.07, 6.45) is 13.4. The number of nitrogens with one attached hydrogen (secondary N) is 1. The molecule has 1 aromatic carbocycles. The van der Waals surface area contributed by atoms with Crippen molar-refractivity contribution in [1.29, 1.82) is 0 Å². The maximum absolute atomic E-state index is 3.48. The van der Waals surface area contributed by atoms with Gasteiger partial charge in [0.25, 0.3) is 0 Å². The van der Waals surface area contributed by atoms with Gasteiger partial charge in [-0.3, -0.25) is 0 Å². The standard InChI is InChI=1S/C17H23N.ClH/c1-3-8-16(9-4-1)12-7-14-18-15-13-17-10-5-2-6-11-17;/h1,3-4,7-10,12,18H,2,5-6,11,13-15H2;1H/b12-7+;. The molecule has 0 radical (unpaired) electrons. The van der Waals surface area contributed by atoms with E-state index in [1.807, 2.05) is 6.07 Å². The zero-order valence-corrected chi connectivity index (χ0v) is 12.3. The van der Waals surface area contributed by atoms with Crippen molar-refractivity contribution in [3.63, 3.8) is 0 Å². The average molecular weight is 278 g/mol. The normalized spacial score (nSPS) is 15.1. The molecule has 1 aliphatic carbocycles. The van der Waals surface area contributed by atoms with E-state index in [9.17, 15) is 0 Å². The number of hydrogen-bond donors (Lipinski definition) is 1. The Bertz CT molecular complexity index is 395. The van der Waals surface area contributed by atoms with Gasteiger partial charge in [-0.1, -0.05) is 54.1 Å². The molecule has 0 heterocycles. The van der Waals surface area contributed by atoms with E-state index in [1.54, 1.807) is 5.57 Å². The average Bonchev–Trinajstić information content (AvgIpc) is 2.45. The highest BCUT2D eigenvalue weighted by molar-refractivity contribution is 5.85. The van der Waals surface area contributed by atoms with Crippen molar-refractivity contribution in [3.05, 3.63) is 53.6 Å². The molecule has 1 aliphatic rings. The highest BCUT2D eigenvalue weighted by atomic mass is 35.5. The van der Waals surface area contributed by atoms with Crippen molar-refractivity contribution in [2.75, 3.05) is 13.1 Å². The van der Waals surface area contributed by atoms with Gasteiger partial charge in [0.2, 0.25) is 0 Å². The molecule has 104 valence electrons. The van der Waals surface area contributed by atoms with Crippen LogP contribution in [0.15, 0.2) is 48.1 Å². The third-order valence-corrected chi connectivity index (χ3v) is 3.38. The van der Waals surface area contributed by atoms with Gasteiger partial charge in [0.1, 0.15) is 0 Å². The lowest BCUT2D eigenvalue weighted by atomic mass is 9.97. The zero-order valence-electron chi connectivity index (χ0n) is 11.5. The smallest absolute Gasteiger partial charge is 0.0138 e.